The van der Waals surface area contributed by atoms with Gasteiger partial charge in [0.05, 0.1) is 0 Å². The maximum Gasteiger partial charge on any atom is 0 e. The molecule has 0 aliphatic heterocycles. The van der Waals surface area contributed by atoms with E-state index in [1.165, 1.54) is 26.2 Å². The Bertz CT molecular complexity index is 244. The van der Waals surface area contributed by atoms with Crippen LogP contribution in [-0.2, 0) is 21.6 Å². The van der Waals surface area contributed by atoms with Crippen molar-refractivity contribution in [2.24, 2.45) is 0 Å². The zero-order valence-electron chi connectivity index (χ0n) is 7.23. The summed E-state index contributed by atoms with van der Waals surface area (Å²) in [4.78, 5) is 0. The number of benzene rings is 1. The topological polar surface area (TPSA) is 9.23 Å². The third-order valence-electron chi connectivity index (χ3n) is 1.70. The van der Waals surface area contributed by atoms with E-state index >= 15 is 0 Å². The molecular formula is C8H13CuGeOP+. The molecule has 70 valence electrons. The Kier molecular flexibility index (Phi) is 6.52. The Hall–Kier alpha value is 0.672. The van der Waals surface area contributed by atoms with Gasteiger partial charge in [-0.3, -0.25) is 0 Å². The number of rotatable bonds is 2. The quantitative estimate of drug-likeness (QED) is 0.550. The van der Waals surface area contributed by atoms with Crippen molar-refractivity contribution in [3.8, 4) is 0 Å². The van der Waals surface area contributed by atoms with Crippen LogP contribution in [0.4, 0.5) is 0 Å². The molecule has 0 fully saturated rings. The minimum Gasteiger partial charge on any atom is 0 e. The van der Waals surface area contributed by atoms with Crippen LogP contribution in [0.5, 0.6) is 0 Å². The predicted octanol–water partition coefficient (Wildman–Crippen LogP) is -0.0268. The molecule has 0 aliphatic carbocycles. The van der Waals surface area contributed by atoms with Crippen LogP contribution in [0.1, 0.15) is 0 Å². The smallest absolute Gasteiger partial charge is 0 e. The Morgan fingerprint density at radius 3 is 2.42 bits per heavy atom. The summed E-state index contributed by atoms with van der Waals surface area (Å²) in [5.41, 5.74) is 0. The first-order valence-electron chi connectivity index (χ1n) is 3.54. The zero-order chi connectivity index (χ0) is 8.27. The molecule has 1 atom stereocenters. The van der Waals surface area contributed by atoms with Gasteiger partial charge in [-0.2, -0.15) is 0 Å². The van der Waals surface area contributed by atoms with Crippen LogP contribution in [0.3, 0.4) is 0 Å². The third kappa shape index (κ3) is 3.20. The summed E-state index contributed by atoms with van der Waals surface area (Å²) in [6, 6.07) is 8.54. The van der Waals surface area contributed by atoms with Gasteiger partial charge in [-0.1, -0.05) is 0 Å². The molecule has 0 saturated heterocycles. The van der Waals surface area contributed by atoms with Crippen LogP contribution in [-0.4, -0.2) is 30.3 Å². The van der Waals surface area contributed by atoms with Crippen LogP contribution in [0.15, 0.2) is 24.3 Å². The van der Waals surface area contributed by atoms with Gasteiger partial charge in [-0.25, -0.2) is 0 Å². The molecule has 0 bridgehead atoms. The van der Waals surface area contributed by atoms with Crippen molar-refractivity contribution in [3.63, 3.8) is 0 Å². The maximum absolute atomic E-state index is 5.34. The van der Waals surface area contributed by atoms with Crippen molar-refractivity contribution in [1.29, 1.82) is 0 Å². The van der Waals surface area contributed by atoms with Gasteiger partial charge in [0.25, 0.3) is 0 Å². The van der Waals surface area contributed by atoms with Gasteiger partial charge in [0.1, 0.15) is 0 Å². The fraction of sp³-hybridized carbons (Fsp3) is 0.250. The molecule has 2 radical (unpaired) electrons. The second-order valence-electron chi connectivity index (χ2n) is 2.42. The summed E-state index contributed by atoms with van der Waals surface area (Å²) >= 11 is 1.22. The number of hydrogen-bond acceptors (Lipinski definition) is 1. The molecular weight excluding hydrogens is 279 g/mol. The summed E-state index contributed by atoms with van der Waals surface area (Å²) in [5.74, 6) is 0. The van der Waals surface area contributed by atoms with Gasteiger partial charge in [-0.05, 0) is 0 Å². The first-order chi connectivity index (χ1) is 5.25. The standard InChI is InChI=1S/C8H12GeOP.Cu/c1-10-11(2)8-6-4-3-5-7(8)9;/h3-6H,9H2,1-2H3;/p+1. The molecule has 0 saturated carbocycles. The van der Waals surface area contributed by atoms with Crippen molar-refractivity contribution in [3.05, 3.63) is 24.3 Å². The molecule has 12 heavy (non-hydrogen) atoms. The van der Waals surface area contributed by atoms with Crippen molar-refractivity contribution >= 4 is 34.4 Å². The largest absolute Gasteiger partial charge is 0 e. The van der Waals surface area contributed by atoms with Crippen LogP contribution >= 0.6 is 8.15 Å². The van der Waals surface area contributed by atoms with E-state index < -0.39 is 8.15 Å². The second kappa shape index (κ2) is 6.18. The fourth-order valence-electron chi connectivity index (χ4n) is 0.974. The van der Waals surface area contributed by atoms with E-state index in [4.69, 9.17) is 4.52 Å². The van der Waals surface area contributed by atoms with Crippen LogP contribution < -0.4 is 9.70 Å². The Labute approximate surface area is 93.8 Å². The molecule has 0 amide bonds. The van der Waals surface area contributed by atoms with Crippen molar-refractivity contribution < 1.29 is 21.6 Å². The number of hydrogen-bond donors (Lipinski definition) is 0. The van der Waals surface area contributed by atoms with Gasteiger partial charge in [0, 0.05) is 17.1 Å². The Morgan fingerprint density at radius 1 is 1.33 bits per heavy atom. The van der Waals surface area contributed by atoms with Crippen LogP contribution in [0.25, 0.3) is 0 Å². The van der Waals surface area contributed by atoms with Gasteiger partial charge in [-0.15, -0.1) is 0 Å². The molecule has 1 unspecified atom stereocenters. The maximum atomic E-state index is 5.34. The molecule has 1 aromatic carbocycles. The average Bonchev–Trinajstić information content (AvgIpc) is 2.04. The van der Waals surface area contributed by atoms with Gasteiger partial charge >= 0.3 is 76.9 Å². The van der Waals surface area contributed by atoms with E-state index in [1.54, 1.807) is 7.11 Å². The van der Waals surface area contributed by atoms with Crippen molar-refractivity contribution in [1.82, 2.24) is 0 Å². The van der Waals surface area contributed by atoms with E-state index in [0.717, 1.165) is 0 Å². The fourth-order valence-corrected chi connectivity index (χ4v) is 4.16. The summed E-state index contributed by atoms with van der Waals surface area (Å²) in [6.45, 7) is 2.18. The minimum atomic E-state index is -0.705. The van der Waals surface area contributed by atoms with Crippen molar-refractivity contribution in [2.75, 3.05) is 13.8 Å². The monoisotopic (exact) mass is 293 g/mol. The van der Waals surface area contributed by atoms with Crippen LogP contribution in [0, 0.1) is 0 Å². The molecule has 0 N–H and O–H groups in total. The van der Waals surface area contributed by atoms with Crippen LogP contribution in [0.2, 0.25) is 0 Å². The normalized spacial score (nSPS) is 11.9. The first kappa shape index (κ1) is 12.7. The summed E-state index contributed by atoms with van der Waals surface area (Å²) < 4.78 is 6.80. The molecule has 0 aliphatic rings. The Morgan fingerprint density at radius 2 is 1.92 bits per heavy atom. The van der Waals surface area contributed by atoms with E-state index in [-0.39, 0.29) is 17.1 Å². The van der Waals surface area contributed by atoms with E-state index in [2.05, 4.69) is 30.9 Å². The summed E-state index contributed by atoms with van der Waals surface area (Å²) in [5, 5.41) is 1.43. The zero-order valence-corrected chi connectivity index (χ0v) is 12.1. The molecule has 1 aromatic rings. The summed E-state index contributed by atoms with van der Waals surface area (Å²) in [6.07, 6.45) is 0. The van der Waals surface area contributed by atoms with E-state index in [1.807, 2.05) is 0 Å². The van der Waals surface area contributed by atoms with Gasteiger partial charge in [0.2, 0.25) is 0 Å². The second-order valence-corrected chi connectivity index (χ2v) is 6.08. The molecule has 0 spiro atoms. The van der Waals surface area contributed by atoms with Gasteiger partial charge < -0.3 is 0 Å². The third-order valence-corrected chi connectivity index (χ3v) is 5.60. The summed E-state index contributed by atoms with van der Waals surface area (Å²) in [7, 11) is 1.09. The predicted molar refractivity (Wildman–Crippen MR) is 55.5 cm³/mol. The molecule has 4 heteroatoms. The Balaban J connectivity index is 0.00000121. The van der Waals surface area contributed by atoms with E-state index in [9.17, 15) is 0 Å². The van der Waals surface area contributed by atoms with Crippen molar-refractivity contribution in [2.45, 2.75) is 0 Å². The molecule has 0 heterocycles. The average molecular weight is 292 g/mol. The SMILES string of the molecule is CO[PH+](C)c1cccc[c]1[GeH2].[Cu]. The minimum absolute atomic E-state index is 0. The molecule has 1 rings (SSSR count). The van der Waals surface area contributed by atoms with Gasteiger partial charge in [0.15, 0.2) is 0 Å². The molecule has 0 aromatic heterocycles. The molecule has 1 nitrogen and oxygen atoms in total. The van der Waals surface area contributed by atoms with E-state index in [0.29, 0.717) is 0 Å². The first-order valence-corrected chi connectivity index (χ1v) is 6.94.